The van der Waals surface area contributed by atoms with Gasteiger partial charge in [-0.1, -0.05) is 70.0 Å². The molecule has 0 aromatic heterocycles. The lowest BCUT2D eigenvalue weighted by molar-refractivity contribution is 0.419. The fraction of sp³-hybridized carbons (Fsp3) is 0.0909. The predicted molar refractivity (Wildman–Crippen MR) is 113 cm³/mol. The van der Waals surface area contributed by atoms with Gasteiger partial charge in [0.2, 0.25) is 0 Å². The fourth-order valence-corrected chi connectivity index (χ4v) is 3.60. The van der Waals surface area contributed by atoms with Crippen LogP contribution in [0.25, 0.3) is 5.70 Å². The molecule has 0 spiro atoms. The minimum absolute atomic E-state index is 0.0987. The molecule has 2 unspecified atom stereocenters. The van der Waals surface area contributed by atoms with Gasteiger partial charge in [-0.05, 0) is 47.5 Å². The van der Waals surface area contributed by atoms with E-state index in [1.807, 2.05) is 54.6 Å². The Morgan fingerprint density at radius 2 is 1.59 bits per heavy atom. The van der Waals surface area contributed by atoms with E-state index < -0.39 is 0 Å². The van der Waals surface area contributed by atoms with E-state index in [-0.39, 0.29) is 18.0 Å². The molecular weight excluding hydrogens is 424 g/mol. The zero-order valence-corrected chi connectivity index (χ0v) is 16.7. The molecule has 1 heterocycles. The van der Waals surface area contributed by atoms with Crippen LogP contribution in [0.15, 0.2) is 83.3 Å². The summed E-state index contributed by atoms with van der Waals surface area (Å²) in [5.74, 6) is 0.276. The highest BCUT2D eigenvalue weighted by molar-refractivity contribution is 9.10. The van der Waals surface area contributed by atoms with E-state index in [2.05, 4.69) is 44.8 Å². The maximum Gasteiger partial charge on any atom is 0.120 e. The second-order valence-electron chi connectivity index (χ2n) is 6.42. The summed E-state index contributed by atoms with van der Waals surface area (Å²) in [6.45, 7) is 0. The Morgan fingerprint density at radius 1 is 0.889 bits per heavy atom. The first-order chi connectivity index (χ1) is 13.1. The Balaban J connectivity index is 1.75. The van der Waals surface area contributed by atoms with Gasteiger partial charge in [0, 0.05) is 20.8 Å². The van der Waals surface area contributed by atoms with E-state index in [0.29, 0.717) is 5.02 Å². The minimum Gasteiger partial charge on any atom is -0.508 e. The summed E-state index contributed by atoms with van der Waals surface area (Å²) >= 11 is 9.53. The third-order valence-corrected chi connectivity index (χ3v) is 5.39. The molecule has 0 amide bonds. The molecule has 3 N–H and O–H groups in total. The van der Waals surface area contributed by atoms with Crippen LogP contribution < -0.4 is 10.6 Å². The van der Waals surface area contributed by atoms with Gasteiger partial charge in [0.1, 0.15) is 11.9 Å². The lowest BCUT2D eigenvalue weighted by atomic mass is 9.98. The lowest BCUT2D eigenvalue weighted by Gasteiger charge is -2.33. The summed E-state index contributed by atoms with van der Waals surface area (Å²) in [7, 11) is 0. The molecule has 1 aliphatic rings. The first-order valence-corrected chi connectivity index (χ1v) is 9.81. The van der Waals surface area contributed by atoms with Crippen molar-refractivity contribution in [3.63, 3.8) is 0 Å². The second kappa shape index (κ2) is 7.77. The number of phenols is 1. The third kappa shape index (κ3) is 4.03. The van der Waals surface area contributed by atoms with Crippen LogP contribution in [0.3, 0.4) is 0 Å². The van der Waals surface area contributed by atoms with Gasteiger partial charge in [-0.2, -0.15) is 0 Å². The van der Waals surface area contributed by atoms with Crippen LogP contribution in [0.5, 0.6) is 5.75 Å². The highest BCUT2D eigenvalue weighted by Crippen LogP contribution is 2.33. The molecule has 0 fully saturated rings. The van der Waals surface area contributed by atoms with Crippen molar-refractivity contribution in [3.8, 4) is 5.75 Å². The Kier molecular flexibility index (Phi) is 5.21. The van der Waals surface area contributed by atoms with Gasteiger partial charge in [0.25, 0.3) is 0 Å². The van der Waals surface area contributed by atoms with Gasteiger partial charge < -0.3 is 10.4 Å². The zero-order chi connectivity index (χ0) is 18.8. The number of para-hydroxylation sites is 1. The molecule has 0 radical (unpaired) electrons. The molecule has 0 saturated heterocycles. The van der Waals surface area contributed by atoms with E-state index in [4.69, 9.17) is 11.6 Å². The first kappa shape index (κ1) is 18.1. The summed E-state index contributed by atoms with van der Waals surface area (Å²) in [5.41, 5.74) is 3.99. The average molecular weight is 442 g/mol. The highest BCUT2D eigenvalue weighted by Gasteiger charge is 2.25. The molecule has 136 valence electrons. The summed E-state index contributed by atoms with van der Waals surface area (Å²) in [6, 6.07) is 23.2. The van der Waals surface area contributed by atoms with Crippen LogP contribution in [0.2, 0.25) is 5.02 Å². The number of aromatic hydroxyl groups is 1. The Hall–Kier alpha value is -2.27. The molecule has 27 heavy (non-hydrogen) atoms. The summed E-state index contributed by atoms with van der Waals surface area (Å²) < 4.78 is 1.03. The van der Waals surface area contributed by atoms with E-state index >= 15 is 0 Å². The number of halogens is 2. The number of benzene rings is 3. The average Bonchev–Trinajstić information content (AvgIpc) is 2.69. The standard InChI is InChI=1S/C22H18BrClN2O/c23-16-9-5-15(6-10-16)22-25-19(14-7-11-17(24)12-8-14)13-20(26-22)18-3-1-2-4-21(18)27/h1-13,20,22,25-27H. The second-order valence-corrected chi connectivity index (χ2v) is 7.77. The third-order valence-electron chi connectivity index (χ3n) is 4.61. The number of phenolic OH excluding ortho intramolecular Hbond substituents is 1. The van der Waals surface area contributed by atoms with Crippen LogP contribution >= 0.6 is 27.5 Å². The quantitative estimate of drug-likeness (QED) is 0.482. The van der Waals surface area contributed by atoms with Gasteiger partial charge in [0.15, 0.2) is 0 Å². The number of hydrogen-bond acceptors (Lipinski definition) is 3. The van der Waals surface area contributed by atoms with Crippen LogP contribution in [0.4, 0.5) is 0 Å². The van der Waals surface area contributed by atoms with Crippen LogP contribution in [-0.2, 0) is 0 Å². The lowest BCUT2D eigenvalue weighted by Crippen LogP contribution is -2.39. The molecule has 1 aliphatic heterocycles. The van der Waals surface area contributed by atoms with Gasteiger partial charge in [-0.3, -0.25) is 5.32 Å². The van der Waals surface area contributed by atoms with Crippen molar-refractivity contribution in [1.82, 2.24) is 10.6 Å². The SMILES string of the molecule is Oc1ccccc1C1C=C(c2ccc(Cl)cc2)NC(c2ccc(Br)cc2)N1. The van der Waals surface area contributed by atoms with Crippen LogP contribution in [0.1, 0.15) is 28.9 Å². The van der Waals surface area contributed by atoms with E-state index in [1.54, 1.807) is 6.07 Å². The summed E-state index contributed by atoms with van der Waals surface area (Å²) in [6.07, 6.45) is 1.99. The molecule has 2 atom stereocenters. The molecular formula is C22H18BrClN2O. The maximum absolute atomic E-state index is 10.3. The number of rotatable bonds is 3. The highest BCUT2D eigenvalue weighted by atomic mass is 79.9. The molecule has 0 bridgehead atoms. The normalized spacial score (nSPS) is 19.3. The Bertz CT molecular complexity index is 970. The van der Waals surface area contributed by atoms with E-state index in [0.717, 1.165) is 26.9 Å². The Labute approximate surface area is 171 Å². The van der Waals surface area contributed by atoms with Crippen LogP contribution in [0, 0.1) is 0 Å². The molecule has 0 aliphatic carbocycles. The van der Waals surface area contributed by atoms with Gasteiger partial charge in [-0.25, -0.2) is 0 Å². The largest absolute Gasteiger partial charge is 0.508 e. The topological polar surface area (TPSA) is 44.3 Å². The summed E-state index contributed by atoms with van der Waals surface area (Å²) in [5, 5.41) is 18.2. The van der Waals surface area contributed by atoms with Crippen molar-refractivity contribution in [1.29, 1.82) is 0 Å². The van der Waals surface area contributed by atoms with Gasteiger partial charge in [0.05, 0.1) is 6.04 Å². The molecule has 0 saturated carbocycles. The Morgan fingerprint density at radius 3 is 2.30 bits per heavy atom. The first-order valence-electron chi connectivity index (χ1n) is 8.64. The molecule has 5 heteroatoms. The van der Waals surface area contributed by atoms with Crippen molar-refractivity contribution in [3.05, 3.63) is 105 Å². The van der Waals surface area contributed by atoms with E-state index in [9.17, 15) is 5.11 Å². The minimum atomic E-state index is -0.133. The zero-order valence-electron chi connectivity index (χ0n) is 14.4. The monoisotopic (exact) mass is 440 g/mol. The van der Waals surface area contributed by atoms with Gasteiger partial charge >= 0.3 is 0 Å². The van der Waals surface area contributed by atoms with Gasteiger partial charge in [-0.15, -0.1) is 0 Å². The van der Waals surface area contributed by atoms with Crippen molar-refractivity contribution in [2.24, 2.45) is 0 Å². The van der Waals surface area contributed by atoms with Crippen molar-refractivity contribution >= 4 is 33.2 Å². The smallest absolute Gasteiger partial charge is 0.120 e. The summed E-state index contributed by atoms with van der Waals surface area (Å²) in [4.78, 5) is 0. The van der Waals surface area contributed by atoms with Crippen LogP contribution in [-0.4, -0.2) is 5.11 Å². The van der Waals surface area contributed by atoms with Crippen molar-refractivity contribution in [2.75, 3.05) is 0 Å². The molecule has 3 aromatic carbocycles. The fourth-order valence-electron chi connectivity index (χ4n) is 3.21. The molecule has 4 rings (SSSR count). The predicted octanol–water partition coefficient (Wildman–Crippen LogP) is 5.78. The number of hydrogen-bond donors (Lipinski definition) is 3. The number of nitrogens with one attached hydrogen (secondary N) is 2. The van der Waals surface area contributed by atoms with Crippen molar-refractivity contribution in [2.45, 2.75) is 12.2 Å². The molecule has 3 nitrogen and oxygen atoms in total. The van der Waals surface area contributed by atoms with Crippen molar-refractivity contribution < 1.29 is 5.11 Å². The molecule has 3 aromatic rings. The van der Waals surface area contributed by atoms with E-state index in [1.165, 1.54) is 0 Å². The maximum atomic E-state index is 10.3.